The number of halogens is 2. The van der Waals surface area contributed by atoms with E-state index in [4.69, 9.17) is 4.74 Å². The Balaban J connectivity index is 2.22. The highest BCUT2D eigenvalue weighted by molar-refractivity contribution is 14.1. The predicted molar refractivity (Wildman–Crippen MR) is 61.3 cm³/mol. The summed E-state index contributed by atoms with van der Waals surface area (Å²) < 4.78 is 18.0. The minimum Gasteiger partial charge on any atom is -0.458 e. The van der Waals surface area contributed by atoms with Crippen molar-refractivity contribution in [3.05, 3.63) is 35.6 Å². The smallest absolute Gasteiger partial charge is 0.217 e. The van der Waals surface area contributed by atoms with Crippen molar-refractivity contribution < 1.29 is 9.13 Å². The van der Waals surface area contributed by atoms with Crippen molar-refractivity contribution in [1.82, 2.24) is 0 Å². The summed E-state index contributed by atoms with van der Waals surface area (Å²) in [5.41, 5.74) is 0.826. The van der Waals surface area contributed by atoms with Crippen molar-refractivity contribution in [3.63, 3.8) is 0 Å². The van der Waals surface area contributed by atoms with Crippen LogP contribution in [0, 0.1) is 5.82 Å². The average molecular weight is 305 g/mol. The predicted octanol–water partition coefficient (Wildman–Crippen LogP) is 2.75. The maximum absolute atomic E-state index is 12.6. The van der Waals surface area contributed by atoms with Crippen LogP contribution in [-0.4, -0.2) is 16.1 Å². The zero-order valence-corrected chi connectivity index (χ0v) is 9.79. The summed E-state index contributed by atoms with van der Waals surface area (Å²) in [6.45, 7) is 2.61. The number of alkyl halides is 1. The Hall–Kier alpha value is -0.650. The first-order valence-electron chi connectivity index (χ1n) is 4.25. The van der Waals surface area contributed by atoms with E-state index >= 15 is 0 Å². The minimum absolute atomic E-state index is 0.246. The monoisotopic (exact) mass is 305 g/mol. The summed E-state index contributed by atoms with van der Waals surface area (Å²) >= 11 is 2.20. The van der Waals surface area contributed by atoms with Crippen LogP contribution in [0.25, 0.3) is 0 Å². The van der Waals surface area contributed by atoms with Crippen LogP contribution in [0.1, 0.15) is 12.5 Å². The van der Waals surface area contributed by atoms with Gasteiger partial charge in [-0.1, -0.05) is 0 Å². The summed E-state index contributed by atoms with van der Waals surface area (Å²) in [7, 11) is 0. The lowest BCUT2D eigenvalue weighted by atomic mass is 10.2. The third-order valence-electron chi connectivity index (χ3n) is 1.91. The fourth-order valence-corrected chi connectivity index (χ4v) is 1.60. The van der Waals surface area contributed by atoms with Gasteiger partial charge in [0.2, 0.25) is 5.90 Å². The quantitative estimate of drug-likeness (QED) is 0.577. The molecule has 0 aromatic heterocycles. The molecule has 0 radical (unpaired) electrons. The summed E-state index contributed by atoms with van der Waals surface area (Å²) in [5, 5.41) is 0. The topological polar surface area (TPSA) is 21.6 Å². The lowest BCUT2D eigenvalue weighted by Gasteiger charge is -2.14. The van der Waals surface area contributed by atoms with Gasteiger partial charge < -0.3 is 4.74 Å². The molecule has 0 spiro atoms. The number of ether oxygens (including phenoxy) is 1. The average Bonchev–Trinajstić information content (AvgIpc) is 2.47. The number of hydrogen-bond acceptors (Lipinski definition) is 2. The van der Waals surface area contributed by atoms with Gasteiger partial charge in [-0.15, -0.1) is 0 Å². The molecule has 4 heteroatoms. The van der Waals surface area contributed by atoms with Crippen molar-refractivity contribution >= 4 is 28.5 Å². The first-order valence-corrected chi connectivity index (χ1v) is 5.33. The standard InChI is InChI=1S/C10H9FINO/c1-10(12)6-13-9(14-10)7-2-4-8(11)5-3-7/h2-5H,6H2,1H3. The number of aliphatic imine (C=N–C) groups is 1. The zero-order valence-electron chi connectivity index (χ0n) is 7.63. The van der Waals surface area contributed by atoms with Gasteiger partial charge >= 0.3 is 0 Å². The van der Waals surface area contributed by atoms with Crippen molar-refractivity contribution in [2.75, 3.05) is 6.54 Å². The highest BCUT2D eigenvalue weighted by Gasteiger charge is 2.29. The molecule has 0 fully saturated rings. The third-order valence-corrected chi connectivity index (χ3v) is 2.47. The Bertz CT molecular complexity index is 372. The molecule has 1 aliphatic rings. The van der Waals surface area contributed by atoms with E-state index in [9.17, 15) is 4.39 Å². The lowest BCUT2D eigenvalue weighted by Crippen LogP contribution is -2.20. The normalized spacial score (nSPS) is 25.8. The molecule has 2 rings (SSSR count). The highest BCUT2D eigenvalue weighted by atomic mass is 127. The Morgan fingerprint density at radius 1 is 1.43 bits per heavy atom. The summed E-state index contributed by atoms with van der Waals surface area (Å²) in [4.78, 5) is 4.25. The Labute approximate surface area is 95.3 Å². The molecule has 1 aromatic rings. The Kier molecular flexibility index (Phi) is 2.47. The maximum atomic E-state index is 12.6. The molecule has 74 valence electrons. The molecule has 14 heavy (non-hydrogen) atoms. The minimum atomic E-state index is -0.262. The molecule has 0 bridgehead atoms. The molecular formula is C10H9FINO. The second-order valence-electron chi connectivity index (χ2n) is 3.33. The molecule has 0 aliphatic carbocycles. The van der Waals surface area contributed by atoms with Crippen LogP contribution >= 0.6 is 22.6 Å². The fourth-order valence-electron chi connectivity index (χ4n) is 1.22. The molecule has 0 saturated carbocycles. The van der Waals surface area contributed by atoms with Gasteiger partial charge in [-0.05, 0) is 53.8 Å². The van der Waals surface area contributed by atoms with Crippen LogP contribution in [0.5, 0.6) is 0 Å². The number of benzene rings is 1. The van der Waals surface area contributed by atoms with Gasteiger partial charge in [-0.2, -0.15) is 0 Å². The van der Waals surface area contributed by atoms with Gasteiger partial charge in [0.15, 0.2) is 3.61 Å². The van der Waals surface area contributed by atoms with Crippen molar-refractivity contribution in [2.45, 2.75) is 10.5 Å². The van der Waals surface area contributed by atoms with Gasteiger partial charge in [0.25, 0.3) is 0 Å². The van der Waals surface area contributed by atoms with E-state index in [0.717, 1.165) is 5.56 Å². The van der Waals surface area contributed by atoms with Crippen LogP contribution in [0.2, 0.25) is 0 Å². The maximum Gasteiger partial charge on any atom is 0.217 e. The number of rotatable bonds is 1. The highest BCUT2D eigenvalue weighted by Crippen LogP contribution is 2.27. The van der Waals surface area contributed by atoms with Crippen molar-refractivity contribution in [1.29, 1.82) is 0 Å². The lowest BCUT2D eigenvalue weighted by molar-refractivity contribution is 0.228. The van der Waals surface area contributed by atoms with E-state index < -0.39 is 0 Å². The van der Waals surface area contributed by atoms with Crippen LogP contribution in [0.3, 0.4) is 0 Å². The van der Waals surface area contributed by atoms with E-state index in [2.05, 4.69) is 27.6 Å². The first-order chi connectivity index (χ1) is 6.57. The second-order valence-corrected chi connectivity index (χ2v) is 5.61. The van der Waals surface area contributed by atoms with Gasteiger partial charge in [0.05, 0.1) is 6.54 Å². The van der Waals surface area contributed by atoms with Gasteiger partial charge in [-0.3, -0.25) is 0 Å². The van der Waals surface area contributed by atoms with Crippen LogP contribution < -0.4 is 0 Å². The SMILES string of the molecule is CC1(I)CN=C(c2ccc(F)cc2)O1. The Morgan fingerprint density at radius 3 is 2.57 bits per heavy atom. The second kappa shape index (κ2) is 3.49. The largest absolute Gasteiger partial charge is 0.458 e. The summed E-state index contributed by atoms with van der Waals surface area (Å²) in [6, 6.07) is 6.16. The van der Waals surface area contributed by atoms with E-state index in [1.54, 1.807) is 12.1 Å². The molecule has 1 heterocycles. The molecular weight excluding hydrogens is 296 g/mol. The molecule has 1 atom stereocenters. The Morgan fingerprint density at radius 2 is 2.07 bits per heavy atom. The molecule has 0 N–H and O–H groups in total. The van der Waals surface area contributed by atoms with Crippen LogP contribution in [0.15, 0.2) is 29.3 Å². The third kappa shape index (κ3) is 2.05. The van der Waals surface area contributed by atoms with Gasteiger partial charge in [0, 0.05) is 5.56 Å². The first kappa shape index (κ1) is 9.89. The van der Waals surface area contributed by atoms with Crippen molar-refractivity contribution in [2.24, 2.45) is 4.99 Å². The molecule has 0 amide bonds. The van der Waals surface area contributed by atoms with Gasteiger partial charge in [-0.25, -0.2) is 9.38 Å². The van der Waals surface area contributed by atoms with E-state index in [0.29, 0.717) is 12.4 Å². The summed E-state index contributed by atoms with van der Waals surface area (Å²) in [6.07, 6.45) is 0. The molecule has 0 saturated heterocycles. The summed E-state index contributed by atoms with van der Waals surface area (Å²) in [5.74, 6) is 0.353. The number of nitrogens with zero attached hydrogens (tertiary/aromatic N) is 1. The van der Waals surface area contributed by atoms with E-state index in [1.165, 1.54) is 12.1 Å². The zero-order chi connectivity index (χ0) is 10.2. The van der Waals surface area contributed by atoms with Crippen LogP contribution in [0.4, 0.5) is 4.39 Å². The van der Waals surface area contributed by atoms with Gasteiger partial charge in [0.1, 0.15) is 5.82 Å². The van der Waals surface area contributed by atoms with E-state index in [-0.39, 0.29) is 9.43 Å². The fraction of sp³-hybridized carbons (Fsp3) is 0.300. The molecule has 1 unspecified atom stereocenters. The molecule has 1 aliphatic heterocycles. The molecule has 2 nitrogen and oxygen atoms in total. The number of hydrogen-bond donors (Lipinski definition) is 0. The van der Waals surface area contributed by atoms with Crippen LogP contribution in [-0.2, 0) is 4.74 Å². The molecule has 1 aromatic carbocycles. The van der Waals surface area contributed by atoms with Crippen molar-refractivity contribution in [3.8, 4) is 0 Å². The van der Waals surface area contributed by atoms with E-state index in [1.807, 2.05) is 6.92 Å².